The molecule has 7 heteroatoms. The first kappa shape index (κ1) is 20.0. The number of carbonyl (C=O) groups is 1. The Bertz CT molecular complexity index is 860. The summed E-state index contributed by atoms with van der Waals surface area (Å²) in [4.78, 5) is 24.7. The van der Waals surface area contributed by atoms with Gasteiger partial charge in [-0.05, 0) is 43.0 Å². The number of nitrogens with zero attached hydrogens (tertiary/aromatic N) is 2. The molecule has 1 saturated heterocycles. The van der Waals surface area contributed by atoms with E-state index in [0.29, 0.717) is 17.8 Å². The topological polar surface area (TPSA) is 95.7 Å². The molecular weight excluding hydrogens is 358 g/mol. The quantitative estimate of drug-likeness (QED) is 0.432. The Kier molecular flexibility index (Phi) is 6.38. The Hall–Kier alpha value is -2.77. The minimum atomic E-state index is -0.473. The molecule has 0 saturated carbocycles. The molecule has 2 aromatic rings. The standard InChI is InChI=1S/C21H25N3O4/c1-15(25)16-6-7-20(21(12-16)24(27)28)22-13-17-4-2-3-5-18(17)14-23-10-8-19(26)9-11-23/h2-7,12,19,22,26H,8-11,13-14H2,1H3. The van der Waals surface area contributed by atoms with E-state index in [1.165, 1.54) is 13.0 Å². The maximum Gasteiger partial charge on any atom is 0.293 e. The number of rotatable bonds is 7. The lowest BCUT2D eigenvalue weighted by Crippen LogP contribution is -2.35. The van der Waals surface area contributed by atoms with Gasteiger partial charge in [-0.1, -0.05) is 24.3 Å². The molecule has 0 unspecified atom stereocenters. The van der Waals surface area contributed by atoms with Crippen LogP contribution in [0.1, 0.15) is 41.3 Å². The molecule has 1 fully saturated rings. The van der Waals surface area contributed by atoms with Crippen LogP contribution in [0.2, 0.25) is 0 Å². The predicted molar refractivity (Wildman–Crippen MR) is 107 cm³/mol. The van der Waals surface area contributed by atoms with Crippen LogP contribution in [0.3, 0.4) is 0 Å². The van der Waals surface area contributed by atoms with Crippen molar-refractivity contribution < 1.29 is 14.8 Å². The fraction of sp³-hybridized carbons (Fsp3) is 0.381. The predicted octanol–water partition coefficient (Wildman–Crippen LogP) is 3.37. The lowest BCUT2D eigenvalue weighted by Gasteiger charge is -2.30. The van der Waals surface area contributed by atoms with E-state index in [2.05, 4.69) is 16.3 Å². The highest BCUT2D eigenvalue weighted by Crippen LogP contribution is 2.27. The van der Waals surface area contributed by atoms with Crippen LogP contribution in [-0.2, 0) is 13.1 Å². The number of likely N-dealkylation sites (tertiary alicyclic amines) is 1. The molecule has 0 bridgehead atoms. The maximum absolute atomic E-state index is 11.5. The second-order valence-corrected chi connectivity index (χ2v) is 7.17. The lowest BCUT2D eigenvalue weighted by molar-refractivity contribution is -0.384. The molecule has 0 aliphatic carbocycles. The molecular formula is C21H25N3O4. The summed E-state index contributed by atoms with van der Waals surface area (Å²) in [6.07, 6.45) is 1.37. The van der Waals surface area contributed by atoms with Gasteiger partial charge in [-0.3, -0.25) is 19.8 Å². The van der Waals surface area contributed by atoms with Crippen LogP contribution in [0.15, 0.2) is 42.5 Å². The van der Waals surface area contributed by atoms with Crippen LogP contribution in [-0.4, -0.2) is 39.9 Å². The smallest absolute Gasteiger partial charge is 0.293 e. The Balaban J connectivity index is 1.73. The number of ketones is 1. The Morgan fingerprint density at radius 1 is 1.21 bits per heavy atom. The number of benzene rings is 2. The number of aliphatic hydroxyl groups excluding tert-OH is 1. The van der Waals surface area contributed by atoms with Crippen molar-refractivity contribution >= 4 is 17.2 Å². The van der Waals surface area contributed by atoms with Crippen molar-refractivity contribution in [1.29, 1.82) is 0 Å². The molecule has 7 nitrogen and oxygen atoms in total. The Morgan fingerprint density at radius 2 is 1.89 bits per heavy atom. The van der Waals surface area contributed by atoms with Crippen LogP contribution in [0.25, 0.3) is 0 Å². The zero-order valence-electron chi connectivity index (χ0n) is 15.9. The number of hydrogen-bond acceptors (Lipinski definition) is 6. The number of anilines is 1. The lowest BCUT2D eigenvalue weighted by atomic mass is 10.0. The number of hydrogen-bond donors (Lipinski definition) is 2. The van der Waals surface area contributed by atoms with Gasteiger partial charge in [-0.25, -0.2) is 0 Å². The molecule has 1 heterocycles. The number of nitrogens with one attached hydrogen (secondary N) is 1. The number of carbonyl (C=O) groups excluding carboxylic acids is 1. The molecule has 0 radical (unpaired) electrons. The molecule has 0 amide bonds. The fourth-order valence-corrected chi connectivity index (χ4v) is 3.44. The van der Waals surface area contributed by atoms with Crippen molar-refractivity contribution in [3.8, 4) is 0 Å². The average molecular weight is 383 g/mol. The van der Waals surface area contributed by atoms with E-state index in [4.69, 9.17) is 0 Å². The SMILES string of the molecule is CC(=O)c1ccc(NCc2ccccc2CN2CCC(O)CC2)c([N+](=O)[O-])c1. The third-order valence-corrected chi connectivity index (χ3v) is 5.14. The minimum absolute atomic E-state index is 0.102. The highest BCUT2D eigenvalue weighted by molar-refractivity contribution is 5.95. The second kappa shape index (κ2) is 8.95. The largest absolute Gasteiger partial charge is 0.393 e. The fourth-order valence-electron chi connectivity index (χ4n) is 3.44. The van der Waals surface area contributed by atoms with E-state index in [9.17, 15) is 20.0 Å². The van der Waals surface area contributed by atoms with Gasteiger partial charge in [0.25, 0.3) is 5.69 Å². The summed E-state index contributed by atoms with van der Waals surface area (Å²) in [5, 5.41) is 24.2. The summed E-state index contributed by atoms with van der Waals surface area (Å²) >= 11 is 0. The zero-order chi connectivity index (χ0) is 20.1. The monoisotopic (exact) mass is 383 g/mol. The van der Waals surface area contributed by atoms with Gasteiger partial charge in [0.2, 0.25) is 0 Å². The van der Waals surface area contributed by atoms with Crippen molar-refractivity contribution in [2.45, 2.75) is 39.0 Å². The molecule has 0 spiro atoms. The number of nitro benzene ring substituents is 1. The summed E-state index contributed by atoms with van der Waals surface area (Å²) in [6, 6.07) is 12.5. The van der Waals surface area contributed by atoms with Crippen LogP contribution >= 0.6 is 0 Å². The normalized spacial score (nSPS) is 15.4. The summed E-state index contributed by atoms with van der Waals surface area (Å²) in [5.74, 6) is -0.202. The van der Waals surface area contributed by atoms with E-state index >= 15 is 0 Å². The number of Topliss-reactive ketones (excluding diaryl/α,β-unsaturated/α-hetero) is 1. The first-order chi connectivity index (χ1) is 13.4. The van der Waals surface area contributed by atoms with Gasteiger partial charge in [0.15, 0.2) is 5.78 Å². The van der Waals surface area contributed by atoms with Crippen LogP contribution < -0.4 is 5.32 Å². The van der Waals surface area contributed by atoms with Crippen molar-refractivity contribution in [1.82, 2.24) is 4.90 Å². The zero-order valence-corrected chi connectivity index (χ0v) is 15.9. The van der Waals surface area contributed by atoms with Gasteiger partial charge in [-0.2, -0.15) is 0 Å². The van der Waals surface area contributed by atoms with E-state index in [-0.39, 0.29) is 17.6 Å². The van der Waals surface area contributed by atoms with Crippen LogP contribution in [0, 0.1) is 10.1 Å². The molecule has 148 valence electrons. The van der Waals surface area contributed by atoms with Crippen LogP contribution in [0.5, 0.6) is 0 Å². The second-order valence-electron chi connectivity index (χ2n) is 7.17. The van der Waals surface area contributed by atoms with E-state index in [1.807, 2.05) is 18.2 Å². The van der Waals surface area contributed by atoms with Crippen molar-refractivity contribution in [3.63, 3.8) is 0 Å². The minimum Gasteiger partial charge on any atom is -0.393 e. The van der Waals surface area contributed by atoms with Gasteiger partial charge < -0.3 is 10.4 Å². The molecule has 1 aliphatic rings. The molecule has 2 N–H and O–H groups in total. The van der Waals surface area contributed by atoms with Crippen LogP contribution in [0.4, 0.5) is 11.4 Å². The van der Waals surface area contributed by atoms with Gasteiger partial charge in [-0.15, -0.1) is 0 Å². The summed E-state index contributed by atoms with van der Waals surface area (Å²) < 4.78 is 0. The third-order valence-electron chi connectivity index (χ3n) is 5.14. The van der Waals surface area contributed by atoms with Gasteiger partial charge >= 0.3 is 0 Å². The first-order valence-electron chi connectivity index (χ1n) is 9.44. The number of piperidine rings is 1. The Morgan fingerprint density at radius 3 is 2.54 bits per heavy atom. The summed E-state index contributed by atoms with van der Waals surface area (Å²) in [7, 11) is 0. The molecule has 0 aromatic heterocycles. The molecule has 28 heavy (non-hydrogen) atoms. The first-order valence-corrected chi connectivity index (χ1v) is 9.44. The molecule has 0 atom stereocenters. The highest BCUT2D eigenvalue weighted by atomic mass is 16.6. The molecule has 1 aliphatic heterocycles. The third kappa shape index (κ3) is 4.94. The number of aliphatic hydroxyl groups is 1. The average Bonchev–Trinajstić information content (AvgIpc) is 2.68. The highest BCUT2D eigenvalue weighted by Gasteiger charge is 2.19. The van der Waals surface area contributed by atoms with E-state index in [1.54, 1.807) is 12.1 Å². The van der Waals surface area contributed by atoms with Gasteiger partial charge in [0.05, 0.1) is 11.0 Å². The molecule has 3 rings (SSSR count). The van der Waals surface area contributed by atoms with Gasteiger partial charge in [0, 0.05) is 37.8 Å². The summed E-state index contributed by atoms with van der Waals surface area (Å²) in [6.45, 7) is 4.35. The van der Waals surface area contributed by atoms with Crippen molar-refractivity contribution in [2.75, 3.05) is 18.4 Å². The van der Waals surface area contributed by atoms with E-state index in [0.717, 1.165) is 43.6 Å². The maximum atomic E-state index is 11.5. The van der Waals surface area contributed by atoms with Crippen molar-refractivity contribution in [3.05, 3.63) is 69.3 Å². The van der Waals surface area contributed by atoms with E-state index < -0.39 is 4.92 Å². The van der Waals surface area contributed by atoms with Crippen molar-refractivity contribution in [2.24, 2.45) is 0 Å². The van der Waals surface area contributed by atoms with Gasteiger partial charge in [0.1, 0.15) is 5.69 Å². The summed E-state index contributed by atoms with van der Waals surface area (Å²) in [5.41, 5.74) is 2.85. The Labute approximate surface area is 164 Å². The molecule has 2 aromatic carbocycles. The number of nitro groups is 1.